The molecule has 0 heterocycles. The molecule has 1 N–H and O–H groups in total. The molecule has 0 unspecified atom stereocenters. The minimum absolute atomic E-state index is 0.0724. The number of rotatable bonds is 9. The summed E-state index contributed by atoms with van der Waals surface area (Å²) in [7, 11) is -4.03. The van der Waals surface area contributed by atoms with Gasteiger partial charge in [-0.2, -0.15) is 0 Å². The molecule has 0 radical (unpaired) electrons. The van der Waals surface area contributed by atoms with Crippen LogP contribution in [0.4, 0.5) is 5.69 Å². The van der Waals surface area contributed by atoms with E-state index < -0.39 is 22.5 Å². The number of amides is 1. The van der Waals surface area contributed by atoms with Crippen LogP contribution in [0.3, 0.4) is 0 Å². The highest BCUT2D eigenvalue weighted by Crippen LogP contribution is 2.28. The largest absolute Gasteiger partial charge is 0.457 e. The average Bonchev–Trinajstić information content (AvgIpc) is 2.88. The average molecular weight is 541 g/mol. The predicted octanol–water partition coefficient (Wildman–Crippen LogP) is 6.30. The van der Waals surface area contributed by atoms with Crippen molar-refractivity contribution in [2.24, 2.45) is 0 Å². The van der Waals surface area contributed by atoms with E-state index in [9.17, 15) is 13.2 Å². The fraction of sp³-hybridized carbons (Fsp3) is 0.0741. The van der Waals surface area contributed by atoms with Crippen LogP contribution in [0, 0.1) is 0 Å². The fourth-order valence-electron chi connectivity index (χ4n) is 3.38. The van der Waals surface area contributed by atoms with Crippen molar-refractivity contribution in [2.45, 2.75) is 11.4 Å². The van der Waals surface area contributed by atoms with Crippen LogP contribution in [0.1, 0.15) is 5.56 Å². The van der Waals surface area contributed by atoms with Crippen molar-refractivity contribution in [3.05, 3.63) is 119 Å². The Morgan fingerprint density at radius 3 is 2.06 bits per heavy atom. The van der Waals surface area contributed by atoms with Crippen LogP contribution in [0.5, 0.6) is 11.5 Å². The molecule has 4 aromatic carbocycles. The Labute approximate surface area is 220 Å². The SMILES string of the molecule is O=C(CN(c1ccc(Oc2ccccc2)cc1)S(=O)(=O)c1ccccc1)NCc1ccc(Cl)cc1Cl. The second-order valence-electron chi connectivity index (χ2n) is 7.75. The molecule has 9 heteroatoms. The normalized spacial score (nSPS) is 11.1. The zero-order valence-corrected chi connectivity index (χ0v) is 21.3. The zero-order valence-electron chi connectivity index (χ0n) is 19.0. The fourth-order valence-corrected chi connectivity index (χ4v) is 5.30. The van der Waals surface area contributed by atoms with Gasteiger partial charge < -0.3 is 10.1 Å². The van der Waals surface area contributed by atoms with E-state index in [1.54, 1.807) is 60.7 Å². The van der Waals surface area contributed by atoms with E-state index in [0.29, 0.717) is 32.8 Å². The molecule has 0 saturated carbocycles. The second-order valence-corrected chi connectivity index (χ2v) is 10.5. The number of carbonyl (C=O) groups is 1. The lowest BCUT2D eigenvalue weighted by Crippen LogP contribution is -2.40. The van der Waals surface area contributed by atoms with E-state index in [4.69, 9.17) is 27.9 Å². The van der Waals surface area contributed by atoms with Gasteiger partial charge in [0.15, 0.2) is 0 Å². The van der Waals surface area contributed by atoms with Crippen LogP contribution in [0.2, 0.25) is 10.0 Å². The third-order valence-corrected chi connectivity index (χ3v) is 7.59. The van der Waals surface area contributed by atoms with Crippen molar-refractivity contribution in [1.82, 2.24) is 5.32 Å². The number of hydrogen-bond acceptors (Lipinski definition) is 4. The smallest absolute Gasteiger partial charge is 0.264 e. The maximum absolute atomic E-state index is 13.5. The van der Waals surface area contributed by atoms with Gasteiger partial charge in [0.1, 0.15) is 18.0 Å². The molecule has 4 rings (SSSR count). The van der Waals surface area contributed by atoms with E-state index >= 15 is 0 Å². The molecule has 6 nitrogen and oxygen atoms in total. The monoisotopic (exact) mass is 540 g/mol. The zero-order chi connectivity index (χ0) is 25.5. The molecule has 0 saturated heterocycles. The number of anilines is 1. The summed E-state index contributed by atoms with van der Waals surface area (Å²) in [6, 6.07) is 28.6. The summed E-state index contributed by atoms with van der Waals surface area (Å²) >= 11 is 12.1. The van der Waals surface area contributed by atoms with Crippen LogP contribution < -0.4 is 14.4 Å². The summed E-state index contributed by atoms with van der Waals surface area (Å²) in [5, 5.41) is 3.62. The summed E-state index contributed by atoms with van der Waals surface area (Å²) in [4.78, 5) is 12.9. The quantitative estimate of drug-likeness (QED) is 0.270. The lowest BCUT2D eigenvalue weighted by Gasteiger charge is -2.24. The summed E-state index contributed by atoms with van der Waals surface area (Å²) in [6.07, 6.45) is 0. The van der Waals surface area contributed by atoms with Crippen molar-refractivity contribution >= 4 is 44.8 Å². The van der Waals surface area contributed by atoms with Gasteiger partial charge in [-0.05, 0) is 66.2 Å². The maximum Gasteiger partial charge on any atom is 0.264 e. The second kappa shape index (κ2) is 11.5. The highest BCUT2D eigenvalue weighted by Gasteiger charge is 2.27. The summed E-state index contributed by atoms with van der Waals surface area (Å²) < 4.78 is 33.8. The first-order valence-electron chi connectivity index (χ1n) is 10.9. The molecular weight excluding hydrogens is 519 g/mol. The molecule has 0 bridgehead atoms. The number of halogens is 2. The molecule has 4 aromatic rings. The van der Waals surface area contributed by atoms with Gasteiger partial charge >= 0.3 is 0 Å². The van der Waals surface area contributed by atoms with Gasteiger partial charge in [-0.1, -0.05) is 65.7 Å². The van der Waals surface area contributed by atoms with Crippen molar-refractivity contribution in [3.63, 3.8) is 0 Å². The minimum atomic E-state index is -4.03. The van der Waals surface area contributed by atoms with Crippen LogP contribution in [0.15, 0.2) is 108 Å². The third kappa shape index (κ3) is 6.37. The highest BCUT2D eigenvalue weighted by molar-refractivity contribution is 7.92. The number of benzene rings is 4. The van der Waals surface area contributed by atoms with Gasteiger partial charge in [-0.15, -0.1) is 0 Å². The van der Waals surface area contributed by atoms with Crippen LogP contribution in [0.25, 0.3) is 0 Å². The van der Waals surface area contributed by atoms with Gasteiger partial charge in [0.05, 0.1) is 10.6 Å². The van der Waals surface area contributed by atoms with Crippen molar-refractivity contribution < 1.29 is 17.9 Å². The molecule has 0 spiro atoms. The Hall–Kier alpha value is -3.52. The minimum Gasteiger partial charge on any atom is -0.457 e. The Morgan fingerprint density at radius 2 is 1.42 bits per heavy atom. The van der Waals surface area contributed by atoms with Crippen molar-refractivity contribution in [1.29, 1.82) is 0 Å². The van der Waals surface area contributed by atoms with E-state index in [1.165, 1.54) is 12.1 Å². The van der Waals surface area contributed by atoms with E-state index in [0.717, 1.165) is 4.31 Å². The number of ether oxygens (including phenoxy) is 1. The Kier molecular flexibility index (Phi) is 8.15. The lowest BCUT2D eigenvalue weighted by molar-refractivity contribution is -0.119. The van der Waals surface area contributed by atoms with Gasteiger partial charge in [0.2, 0.25) is 5.91 Å². The predicted molar refractivity (Wildman–Crippen MR) is 142 cm³/mol. The molecule has 0 aliphatic heterocycles. The van der Waals surface area contributed by atoms with Crippen molar-refractivity contribution in [2.75, 3.05) is 10.8 Å². The first-order chi connectivity index (χ1) is 17.3. The molecule has 1 amide bonds. The Bertz CT molecular complexity index is 1430. The van der Waals surface area contributed by atoms with Crippen LogP contribution in [-0.2, 0) is 21.4 Å². The first-order valence-corrected chi connectivity index (χ1v) is 13.1. The van der Waals surface area contributed by atoms with E-state index in [2.05, 4.69) is 5.32 Å². The van der Waals surface area contributed by atoms with Gasteiger partial charge in [0.25, 0.3) is 10.0 Å². The van der Waals surface area contributed by atoms with Gasteiger partial charge in [0, 0.05) is 16.6 Å². The third-order valence-electron chi connectivity index (χ3n) is 5.21. The number of hydrogen-bond donors (Lipinski definition) is 1. The summed E-state index contributed by atoms with van der Waals surface area (Å²) in [6.45, 7) is -0.306. The lowest BCUT2D eigenvalue weighted by atomic mass is 10.2. The molecule has 36 heavy (non-hydrogen) atoms. The Morgan fingerprint density at radius 1 is 0.806 bits per heavy atom. The maximum atomic E-state index is 13.5. The number of para-hydroxylation sites is 1. The van der Waals surface area contributed by atoms with Gasteiger partial charge in [-0.25, -0.2) is 8.42 Å². The first kappa shape index (κ1) is 25.6. The van der Waals surface area contributed by atoms with Gasteiger partial charge in [-0.3, -0.25) is 9.10 Å². The molecule has 0 aliphatic rings. The molecule has 0 atom stereocenters. The summed E-state index contributed by atoms with van der Waals surface area (Å²) in [5.74, 6) is 0.688. The molecule has 0 aromatic heterocycles. The Balaban J connectivity index is 1.56. The molecular formula is C27H22Cl2N2O4S. The standard InChI is InChI=1S/C27H22Cl2N2O4S/c28-21-12-11-20(26(29)17-21)18-30-27(32)19-31(36(33,34)25-9-5-2-6-10-25)22-13-15-24(16-14-22)35-23-7-3-1-4-8-23/h1-17H,18-19H2,(H,30,32). The molecule has 0 fully saturated rings. The number of nitrogens with one attached hydrogen (secondary N) is 1. The number of sulfonamides is 1. The van der Waals surface area contributed by atoms with Crippen molar-refractivity contribution in [3.8, 4) is 11.5 Å². The van der Waals surface area contributed by atoms with Crippen LogP contribution in [-0.4, -0.2) is 20.9 Å². The van der Waals surface area contributed by atoms with Crippen LogP contribution >= 0.6 is 23.2 Å². The van der Waals surface area contributed by atoms with E-state index in [1.807, 2.05) is 30.3 Å². The summed E-state index contributed by atoms with van der Waals surface area (Å²) in [5.41, 5.74) is 0.980. The van der Waals surface area contributed by atoms with E-state index in [-0.39, 0.29) is 11.4 Å². The number of carbonyl (C=O) groups excluding carboxylic acids is 1. The highest BCUT2D eigenvalue weighted by atomic mass is 35.5. The topological polar surface area (TPSA) is 75.7 Å². The molecule has 0 aliphatic carbocycles. The molecule has 184 valence electrons. The number of nitrogens with zero attached hydrogens (tertiary/aromatic N) is 1.